The Kier molecular flexibility index (Phi) is 2.52. The molecule has 18 heavy (non-hydrogen) atoms. The van der Waals surface area contributed by atoms with Crippen molar-refractivity contribution in [3.05, 3.63) is 60.2 Å². The molecule has 3 heteroatoms. The lowest BCUT2D eigenvalue weighted by Crippen LogP contribution is -2.31. The molecule has 1 heterocycles. The SMILES string of the molecule is CC(=O)N1c2ccccc2OC1c1ccccc1. The Hall–Kier alpha value is -2.29. The van der Waals surface area contributed by atoms with E-state index in [2.05, 4.69) is 0 Å². The lowest BCUT2D eigenvalue weighted by Gasteiger charge is -2.22. The maximum absolute atomic E-state index is 11.8. The van der Waals surface area contributed by atoms with Gasteiger partial charge in [0.2, 0.25) is 12.1 Å². The van der Waals surface area contributed by atoms with E-state index in [1.54, 1.807) is 11.8 Å². The molecule has 2 aromatic rings. The number of carbonyl (C=O) groups excluding carboxylic acids is 1. The number of nitrogens with zero attached hydrogens (tertiary/aromatic N) is 1. The number of para-hydroxylation sites is 2. The highest BCUT2D eigenvalue weighted by molar-refractivity contribution is 5.95. The zero-order chi connectivity index (χ0) is 12.5. The van der Waals surface area contributed by atoms with Crippen LogP contribution in [0.25, 0.3) is 0 Å². The van der Waals surface area contributed by atoms with Crippen molar-refractivity contribution < 1.29 is 9.53 Å². The van der Waals surface area contributed by atoms with E-state index in [0.29, 0.717) is 0 Å². The quantitative estimate of drug-likeness (QED) is 0.765. The van der Waals surface area contributed by atoms with E-state index in [1.807, 2.05) is 54.6 Å². The second-order valence-corrected chi connectivity index (χ2v) is 4.24. The summed E-state index contributed by atoms with van der Waals surface area (Å²) in [6, 6.07) is 17.4. The highest BCUT2D eigenvalue weighted by Crippen LogP contribution is 2.42. The maximum atomic E-state index is 11.8. The zero-order valence-corrected chi connectivity index (χ0v) is 10.0. The fourth-order valence-corrected chi connectivity index (χ4v) is 2.22. The van der Waals surface area contributed by atoms with E-state index in [1.165, 1.54) is 0 Å². The van der Waals surface area contributed by atoms with Gasteiger partial charge in [0, 0.05) is 12.5 Å². The van der Waals surface area contributed by atoms with Crippen molar-refractivity contribution >= 4 is 11.6 Å². The van der Waals surface area contributed by atoms with Crippen LogP contribution in [0, 0.1) is 0 Å². The number of ether oxygens (including phenoxy) is 1. The second kappa shape index (κ2) is 4.18. The Morgan fingerprint density at radius 3 is 2.44 bits per heavy atom. The lowest BCUT2D eigenvalue weighted by molar-refractivity contribution is -0.117. The van der Waals surface area contributed by atoms with E-state index < -0.39 is 0 Å². The molecule has 0 spiro atoms. The van der Waals surface area contributed by atoms with Crippen LogP contribution in [0.15, 0.2) is 54.6 Å². The molecule has 1 unspecified atom stereocenters. The van der Waals surface area contributed by atoms with Gasteiger partial charge in [0.1, 0.15) is 5.75 Å². The van der Waals surface area contributed by atoms with Crippen LogP contribution in [0.2, 0.25) is 0 Å². The van der Waals surface area contributed by atoms with Gasteiger partial charge in [0.25, 0.3) is 0 Å². The first kappa shape index (κ1) is 10.8. The van der Waals surface area contributed by atoms with E-state index >= 15 is 0 Å². The normalized spacial score (nSPS) is 17.2. The number of amides is 1. The summed E-state index contributed by atoms with van der Waals surface area (Å²) in [5.74, 6) is 0.732. The van der Waals surface area contributed by atoms with Crippen molar-refractivity contribution in [1.29, 1.82) is 0 Å². The highest BCUT2D eigenvalue weighted by atomic mass is 16.5. The molecule has 0 fully saturated rings. The predicted molar refractivity (Wildman–Crippen MR) is 69.4 cm³/mol. The Morgan fingerprint density at radius 2 is 1.72 bits per heavy atom. The van der Waals surface area contributed by atoms with Crippen LogP contribution in [0.5, 0.6) is 5.75 Å². The molecule has 1 atom stereocenters. The van der Waals surface area contributed by atoms with Crippen molar-refractivity contribution in [2.45, 2.75) is 13.2 Å². The number of hydrogen-bond acceptors (Lipinski definition) is 2. The van der Waals surface area contributed by atoms with Crippen LogP contribution in [0.3, 0.4) is 0 Å². The molecule has 0 aromatic heterocycles. The van der Waals surface area contributed by atoms with Crippen molar-refractivity contribution in [2.24, 2.45) is 0 Å². The van der Waals surface area contributed by atoms with Crippen molar-refractivity contribution in [2.75, 3.05) is 4.90 Å². The van der Waals surface area contributed by atoms with Crippen LogP contribution in [-0.4, -0.2) is 5.91 Å². The minimum atomic E-state index is -0.360. The molecule has 1 aliphatic rings. The molecule has 1 amide bonds. The molecule has 0 bridgehead atoms. The minimum Gasteiger partial charge on any atom is -0.464 e. The maximum Gasteiger partial charge on any atom is 0.227 e. The van der Waals surface area contributed by atoms with Gasteiger partial charge in [0.05, 0.1) is 5.69 Å². The first-order valence-corrected chi connectivity index (χ1v) is 5.88. The van der Waals surface area contributed by atoms with Crippen molar-refractivity contribution in [1.82, 2.24) is 0 Å². The van der Waals surface area contributed by atoms with Gasteiger partial charge >= 0.3 is 0 Å². The zero-order valence-electron chi connectivity index (χ0n) is 10.0. The smallest absolute Gasteiger partial charge is 0.227 e. The van der Waals surface area contributed by atoms with Crippen LogP contribution < -0.4 is 9.64 Å². The molecule has 1 aliphatic heterocycles. The topological polar surface area (TPSA) is 29.5 Å². The minimum absolute atomic E-state index is 0.0196. The summed E-state index contributed by atoms with van der Waals surface area (Å²) < 4.78 is 5.87. The number of hydrogen-bond donors (Lipinski definition) is 0. The summed E-state index contributed by atoms with van der Waals surface area (Å²) in [6.07, 6.45) is -0.360. The second-order valence-electron chi connectivity index (χ2n) is 4.24. The van der Waals surface area contributed by atoms with Crippen molar-refractivity contribution in [3.8, 4) is 5.75 Å². The van der Waals surface area contributed by atoms with E-state index in [9.17, 15) is 4.79 Å². The summed E-state index contributed by atoms with van der Waals surface area (Å²) in [6.45, 7) is 1.56. The molecule has 2 aromatic carbocycles. The van der Waals surface area contributed by atoms with E-state index in [-0.39, 0.29) is 12.1 Å². The third kappa shape index (κ3) is 1.64. The number of fused-ring (bicyclic) bond motifs is 1. The molecule has 0 radical (unpaired) electrons. The molecule has 0 saturated heterocycles. The Morgan fingerprint density at radius 1 is 1.06 bits per heavy atom. The van der Waals surface area contributed by atoms with Gasteiger partial charge in [-0.05, 0) is 12.1 Å². The molecule has 3 rings (SSSR count). The molecule has 0 N–H and O–H groups in total. The summed E-state index contributed by atoms with van der Waals surface area (Å²) >= 11 is 0. The van der Waals surface area contributed by atoms with Gasteiger partial charge in [-0.1, -0.05) is 42.5 Å². The third-order valence-corrected chi connectivity index (χ3v) is 3.02. The summed E-state index contributed by atoms with van der Waals surface area (Å²) in [7, 11) is 0. The Labute approximate surface area is 106 Å². The van der Waals surface area contributed by atoms with Crippen molar-refractivity contribution in [3.63, 3.8) is 0 Å². The predicted octanol–water partition coefficient (Wildman–Crippen LogP) is 3.13. The number of anilines is 1. The summed E-state index contributed by atoms with van der Waals surface area (Å²) in [5.41, 5.74) is 1.81. The number of carbonyl (C=O) groups is 1. The average molecular weight is 239 g/mol. The molecule has 3 nitrogen and oxygen atoms in total. The van der Waals surface area contributed by atoms with Crippen LogP contribution >= 0.6 is 0 Å². The largest absolute Gasteiger partial charge is 0.464 e. The number of rotatable bonds is 1. The van der Waals surface area contributed by atoms with Gasteiger partial charge in [-0.15, -0.1) is 0 Å². The molecular weight excluding hydrogens is 226 g/mol. The number of benzene rings is 2. The van der Waals surface area contributed by atoms with Gasteiger partial charge in [0.15, 0.2) is 0 Å². The first-order chi connectivity index (χ1) is 8.77. The summed E-state index contributed by atoms with van der Waals surface area (Å²) in [5, 5.41) is 0. The third-order valence-electron chi connectivity index (χ3n) is 3.02. The van der Waals surface area contributed by atoms with Gasteiger partial charge in [-0.3, -0.25) is 9.69 Å². The lowest BCUT2D eigenvalue weighted by atomic mass is 10.2. The Bertz CT molecular complexity index is 580. The average Bonchev–Trinajstić information content (AvgIpc) is 2.79. The highest BCUT2D eigenvalue weighted by Gasteiger charge is 2.34. The fourth-order valence-electron chi connectivity index (χ4n) is 2.22. The molecule has 0 aliphatic carbocycles. The van der Waals surface area contributed by atoms with Crippen LogP contribution in [0.1, 0.15) is 18.7 Å². The molecule has 0 saturated carbocycles. The Balaban J connectivity index is 2.06. The van der Waals surface area contributed by atoms with E-state index in [4.69, 9.17) is 4.74 Å². The fraction of sp³-hybridized carbons (Fsp3) is 0.133. The van der Waals surface area contributed by atoms with E-state index in [0.717, 1.165) is 17.0 Å². The molecular formula is C15H13NO2. The monoisotopic (exact) mass is 239 g/mol. The van der Waals surface area contributed by atoms with Crippen LogP contribution in [0.4, 0.5) is 5.69 Å². The molecule has 90 valence electrons. The first-order valence-electron chi connectivity index (χ1n) is 5.88. The van der Waals surface area contributed by atoms with Crippen LogP contribution in [-0.2, 0) is 4.79 Å². The van der Waals surface area contributed by atoms with Gasteiger partial charge in [-0.25, -0.2) is 0 Å². The standard InChI is InChI=1S/C15H13NO2/c1-11(17)16-13-9-5-6-10-14(13)18-15(16)12-7-3-2-4-8-12/h2-10,15H,1H3. The summed E-state index contributed by atoms with van der Waals surface area (Å²) in [4.78, 5) is 13.5. The van der Waals surface area contributed by atoms with Gasteiger partial charge in [-0.2, -0.15) is 0 Å². The van der Waals surface area contributed by atoms with Gasteiger partial charge < -0.3 is 4.74 Å².